The zero-order valence-corrected chi connectivity index (χ0v) is 16.3. The Morgan fingerprint density at radius 2 is 1.93 bits per heavy atom. The van der Waals surface area contributed by atoms with Crippen LogP contribution in [0.2, 0.25) is 0 Å². The lowest BCUT2D eigenvalue weighted by Gasteiger charge is -2.30. The highest BCUT2D eigenvalue weighted by molar-refractivity contribution is 8.15. The topological polar surface area (TPSA) is 71.0 Å². The number of nitrogens with one attached hydrogen (secondary N) is 1. The van der Waals surface area contributed by atoms with Gasteiger partial charge in [-0.2, -0.15) is 0 Å². The number of hydrogen-bond acceptors (Lipinski definition) is 5. The summed E-state index contributed by atoms with van der Waals surface area (Å²) in [7, 11) is 1.57. The molecule has 0 aromatic heterocycles. The Morgan fingerprint density at radius 3 is 2.54 bits per heavy atom. The molecule has 1 aliphatic rings. The first-order chi connectivity index (χ1) is 13.5. The second-order valence-electron chi connectivity index (χ2n) is 6.04. The number of hydrogen-bond donors (Lipinski definition) is 1. The zero-order chi connectivity index (χ0) is 20.1. The van der Waals surface area contributed by atoms with Gasteiger partial charge < -0.3 is 10.1 Å². The van der Waals surface area contributed by atoms with Crippen LogP contribution < -0.4 is 10.1 Å². The summed E-state index contributed by atoms with van der Waals surface area (Å²) in [5, 5.41) is 2.65. The van der Waals surface area contributed by atoms with Gasteiger partial charge in [-0.3, -0.25) is 14.5 Å². The quantitative estimate of drug-likeness (QED) is 0.827. The molecule has 1 N–H and O–H groups in total. The Kier molecular flexibility index (Phi) is 6.30. The summed E-state index contributed by atoms with van der Waals surface area (Å²) in [5.74, 6) is -0.115. The number of nitrogens with zero attached hydrogens (tertiary/aromatic N) is 2. The fourth-order valence-electron chi connectivity index (χ4n) is 2.68. The monoisotopic (exact) mass is 401 g/mol. The smallest absolute Gasteiger partial charge is 0.238 e. The molecule has 3 rings (SSSR count). The van der Waals surface area contributed by atoms with E-state index in [1.807, 2.05) is 6.92 Å². The van der Waals surface area contributed by atoms with Crippen molar-refractivity contribution in [2.75, 3.05) is 19.0 Å². The van der Waals surface area contributed by atoms with Gasteiger partial charge >= 0.3 is 0 Å². The van der Waals surface area contributed by atoms with E-state index in [0.717, 1.165) is 0 Å². The SMILES string of the molecule is CCN1C(=O)C[C@@H](C(=O)Nc2ccc(OC)cc2)SC1=Nc1ccc(F)cc1. The van der Waals surface area contributed by atoms with E-state index in [0.29, 0.717) is 28.8 Å². The number of rotatable bonds is 5. The number of halogens is 1. The predicted octanol–water partition coefficient (Wildman–Crippen LogP) is 3.81. The molecule has 1 fully saturated rings. The van der Waals surface area contributed by atoms with Gasteiger partial charge in [0.05, 0.1) is 12.8 Å². The number of carbonyl (C=O) groups excluding carboxylic acids is 2. The second-order valence-corrected chi connectivity index (χ2v) is 7.21. The zero-order valence-electron chi connectivity index (χ0n) is 15.5. The van der Waals surface area contributed by atoms with Crippen LogP contribution in [0.4, 0.5) is 15.8 Å². The van der Waals surface area contributed by atoms with E-state index in [1.165, 1.54) is 40.9 Å². The Hall–Kier alpha value is -2.87. The summed E-state index contributed by atoms with van der Waals surface area (Å²) in [5.41, 5.74) is 1.14. The summed E-state index contributed by atoms with van der Waals surface area (Å²) < 4.78 is 18.2. The molecule has 1 heterocycles. The average Bonchev–Trinajstić information content (AvgIpc) is 2.70. The lowest BCUT2D eigenvalue weighted by molar-refractivity contribution is -0.129. The molecule has 2 aromatic carbocycles. The van der Waals surface area contributed by atoms with Gasteiger partial charge in [-0.15, -0.1) is 0 Å². The van der Waals surface area contributed by atoms with Gasteiger partial charge in [0.1, 0.15) is 16.8 Å². The van der Waals surface area contributed by atoms with Crippen molar-refractivity contribution >= 4 is 40.1 Å². The maximum absolute atomic E-state index is 13.1. The van der Waals surface area contributed by atoms with Crippen molar-refractivity contribution < 1.29 is 18.7 Å². The predicted molar refractivity (Wildman–Crippen MR) is 109 cm³/mol. The van der Waals surface area contributed by atoms with Crippen LogP contribution >= 0.6 is 11.8 Å². The third-order valence-corrected chi connectivity index (χ3v) is 5.34. The summed E-state index contributed by atoms with van der Waals surface area (Å²) in [6, 6.07) is 12.6. The van der Waals surface area contributed by atoms with Gasteiger partial charge in [-0.25, -0.2) is 9.38 Å². The summed E-state index contributed by atoms with van der Waals surface area (Å²) in [6.45, 7) is 2.29. The molecule has 0 unspecified atom stereocenters. The molecular weight excluding hydrogens is 381 g/mol. The Morgan fingerprint density at radius 1 is 1.25 bits per heavy atom. The van der Waals surface area contributed by atoms with Crippen LogP contribution in [0, 0.1) is 5.82 Å². The lowest BCUT2D eigenvalue weighted by Crippen LogP contribution is -2.45. The molecule has 0 radical (unpaired) electrons. The Balaban J connectivity index is 1.77. The van der Waals surface area contributed by atoms with Crippen LogP contribution in [-0.2, 0) is 9.59 Å². The molecule has 0 bridgehead atoms. The number of carbonyl (C=O) groups is 2. The Bertz CT molecular complexity index is 885. The third kappa shape index (κ3) is 4.69. The summed E-state index contributed by atoms with van der Waals surface area (Å²) in [6.07, 6.45) is 0.0862. The van der Waals surface area contributed by atoms with Crippen molar-refractivity contribution in [3.05, 3.63) is 54.3 Å². The number of amidine groups is 1. The van der Waals surface area contributed by atoms with Crippen molar-refractivity contribution in [2.45, 2.75) is 18.6 Å². The average molecular weight is 401 g/mol. The van der Waals surface area contributed by atoms with E-state index in [-0.39, 0.29) is 24.1 Å². The highest BCUT2D eigenvalue weighted by Gasteiger charge is 2.35. The van der Waals surface area contributed by atoms with Crippen LogP contribution in [-0.4, -0.2) is 40.8 Å². The Labute approximate surface area is 166 Å². The molecular formula is C20H20FN3O3S. The number of benzene rings is 2. The molecule has 1 aliphatic heterocycles. The molecule has 0 aliphatic carbocycles. The van der Waals surface area contributed by atoms with Crippen molar-refractivity contribution in [2.24, 2.45) is 4.99 Å². The number of thioether (sulfide) groups is 1. The van der Waals surface area contributed by atoms with Gasteiger partial charge in [-0.05, 0) is 55.5 Å². The highest BCUT2D eigenvalue weighted by Crippen LogP contribution is 2.30. The molecule has 2 amide bonds. The van der Waals surface area contributed by atoms with Gasteiger partial charge in [-0.1, -0.05) is 11.8 Å². The van der Waals surface area contributed by atoms with E-state index >= 15 is 0 Å². The summed E-state index contributed by atoms with van der Waals surface area (Å²) >= 11 is 1.23. The first-order valence-electron chi connectivity index (χ1n) is 8.76. The van der Waals surface area contributed by atoms with E-state index in [2.05, 4.69) is 10.3 Å². The first-order valence-corrected chi connectivity index (χ1v) is 9.64. The number of amides is 2. The van der Waals surface area contributed by atoms with Gasteiger partial charge in [0.15, 0.2) is 5.17 Å². The van der Waals surface area contributed by atoms with Gasteiger partial charge in [0.2, 0.25) is 11.8 Å². The molecule has 146 valence electrons. The molecule has 0 saturated carbocycles. The largest absolute Gasteiger partial charge is 0.497 e. The molecule has 1 atom stereocenters. The van der Waals surface area contributed by atoms with E-state index < -0.39 is 5.25 Å². The van der Waals surface area contributed by atoms with E-state index in [9.17, 15) is 14.0 Å². The van der Waals surface area contributed by atoms with Crippen molar-refractivity contribution in [3.8, 4) is 5.75 Å². The van der Waals surface area contributed by atoms with Crippen LogP contribution in [0.15, 0.2) is 53.5 Å². The maximum Gasteiger partial charge on any atom is 0.238 e. The molecule has 1 saturated heterocycles. The van der Waals surface area contributed by atoms with Crippen molar-refractivity contribution in [3.63, 3.8) is 0 Å². The summed E-state index contributed by atoms with van der Waals surface area (Å²) in [4.78, 5) is 31.2. The standard InChI is InChI=1S/C20H20FN3O3S/c1-3-24-18(25)12-17(19(26)22-14-8-10-16(27-2)11-9-14)28-20(24)23-15-6-4-13(21)5-7-15/h4-11,17H,3,12H2,1-2H3,(H,22,26)/t17-/m0/s1. The van der Waals surface area contributed by atoms with E-state index in [4.69, 9.17) is 4.74 Å². The molecule has 28 heavy (non-hydrogen) atoms. The van der Waals surface area contributed by atoms with E-state index in [1.54, 1.807) is 31.4 Å². The van der Waals surface area contributed by atoms with Crippen molar-refractivity contribution in [1.29, 1.82) is 0 Å². The van der Waals surface area contributed by atoms with Crippen LogP contribution in [0.25, 0.3) is 0 Å². The minimum absolute atomic E-state index is 0.0862. The molecule has 2 aromatic rings. The first kappa shape index (κ1) is 19.9. The maximum atomic E-state index is 13.1. The normalized spacial score (nSPS) is 18.2. The van der Waals surface area contributed by atoms with Crippen LogP contribution in [0.1, 0.15) is 13.3 Å². The minimum atomic E-state index is -0.600. The van der Waals surface area contributed by atoms with Crippen LogP contribution in [0.5, 0.6) is 5.75 Å². The third-order valence-electron chi connectivity index (χ3n) is 4.16. The molecule has 6 nitrogen and oxygen atoms in total. The number of aliphatic imine (C=N–C) groups is 1. The minimum Gasteiger partial charge on any atom is -0.497 e. The fourth-order valence-corrected chi connectivity index (χ4v) is 3.84. The highest BCUT2D eigenvalue weighted by atomic mass is 32.2. The van der Waals surface area contributed by atoms with Gasteiger partial charge in [0, 0.05) is 18.7 Å². The number of methoxy groups -OCH3 is 1. The lowest BCUT2D eigenvalue weighted by atomic mass is 10.2. The number of ether oxygens (including phenoxy) is 1. The molecule has 0 spiro atoms. The molecule has 8 heteroatoms. The fraction of sp³-hybridized carbons (Fsp3) is 0.250. The van der Waals surface area contributed by atoms with Gasteiger partial charge in [0.25, 0.3) is 0 Å². The van der Waals surface area contributed by atoms with Crippen molar-refractivity contribution in [1.82, 2.24) is 4.90 Å². The second kappa shape index (κ2) is 8.88. The number of anilines is 1. The van der Waals surface area contributed by atoms with Crippen LogP contribution in [0.3, 0.4) is 0 Å².